The Kier molecular flexibility index (Phi) is 4.29. The van der Waals surface area contributed by atoms with E-state index in [1.807, 2.05) is 32.0 Å². The first-order valence-electron chi connectivity index (χ1n) is 7.50. The van der Waals surface area contributed by atoms with Crippen LogP contribution in [0.4, 0.5) is 5.69 Å². The second-order valence-corrected chi connectivity index (χ2v) is 5.56. The molecule has 24 heavy (non-hydrogen) atoms. The molecule has 3 rings (SSSR count). The fourth-order valence-electron chi connectivity index (χ4n) is 2.28. The number of furan rings is 1. The lowest BCUT2D eigenvalue weighted by Gasteiger charge is -2.09. The highest BCUT2D eigenvalue weighted by molar-refractivity contribution is 5.90. The van der Waals surface area contributed by atoms with Crippen molar-refractivity contribution < 1.29 is 9.21 Å². The van der Waals surface area contributed by atoms with Crippen molar-refractivity contribution in [3.05, 3.63) is 70.5 Å². The molecule has 0 fully saturated rings. The number of aromatic nitrogens is 2. The number of carbonyl (C=O) groups is 1. The molecule has 2 heterocycles. The molecule has 0 aliphatic carbocycles. The van der Waals surface area contributed by atoms with E-state index in [2.05, 4.69) is 10.3 Å². The van der Waals surface area contributed by atoms with Gasteiger partial charge in [0.1, 0.15) is 12.2 Å². The number of nitrogens with one attached hydrogen (secondary N) is 1. The Morgan fingerprint density at radius 2 is 2.04 bits per heavy atom. The molecule has 0 radical (unpaired) electrons. The molecular weight excluding hydrogens is 306 g/mol. The van der Waals surface area contributed by atoms with Gasteiger partial charge in [0.25, 0.3) is 5.56 Å². The van der Waals surface area contributed by atoms with Gasteiger partial charge < -0.3 is 9.73 Å². The minimum absolute atomic E-state index is 0.100. The fourth-order valence-corrected chi connectivity index (χ4v) is 2.28. The zero-order chi connectivity index (χ0) is 17.1. The van der Waals surface area contributed by atoms with Crippen LogP contribution in [0.1, 0.15) is 11.1 Å². The van der Waals surface area contributed by atoms with E-state index in [4.69, 9.17) is 4.42 Å². The largest absolute Gasteiger partial charge is 0.463 e. The van der Waals surface area contributed by atoms with Crippen molar-refractivity contribution in [2.24, 2.45) is 0 Å². The average molecular weight is 323 g/mol. The van der Waals surface area contributed by atoms with E-state index in [-0.39, 0.29) is 18.0 Å². The number of benzene rings is 1. The second kappa shape index (κ2) is 6.54. The fraction of sp³-hybridized carbons (Fsp3) is 0.167. The van der Waals surface area contributed by atoms with Crippen LogP contribution in [0.15, 0.2) is 58.2 Å². The molecule has 6 heteroatoms. The van der Waals surface area contributed by atoms with Gasteiger partial charge in [-0.15, -0.1) is 0 Å². The smallest absolute Gasteiger partial charge is 0.254 e. The van der Waals surface area contributed by atoms with Crippen molar-refractivity contribution in [3.8, 4) is 11.5 Å². The molecule has 0 unspecified atom stereocenters. The second-order valence-electron chi connectivity index (χ2n) is 5.56. The van der Waals surface area contributed by atoms with Gasteiger partial charge in [-0.25, -0.2) is 4.98 Å². The van der Waals surface area contributed by atoms with Gasteiger partial charge in [0.2, 0.25) is 5.91 Å². The summed E-state index contributed by atoms with van der Waals surface area (Å²) >= 11 is 0. The van der Waals surface area contributed by atoms with Gasteiger partial charge in [-0.3, -0.25) is 14.2 Å². The first-order chi connectivity index (χ1) is 11.5. The summed E-state index contributed by atoms with van der Waals surface area (Å²) < 4.78 is 6.46. The first-order valence-corrected chi connectivity index (χ1v) is 7.50. The van der Waals surface area contributed by atoms with Crippen molar-refractivity contribution in [1.29, 1.82) is 0 Å². The third-order valence-electron chi connectivity index (χ3n) is 3.76. The summed E-state index contributed by atoms with van der Waals surface area (Å²) in [6.07, 6.45) is 2.86. The molecule has 0 aliphatic heterocycles. The quantitative estimate of drug-likeness (QED) is 0.801. The maximum absolute atomic E-state index is 12.1. The Morgan fingerprint density at radius 1 is 1.21 bits per heavy atom. The van der Waals surface area contributed by atoms with Crippen molar-refractivity contribution in [2.45, 2.75) is 20.4 Å². The Balaban J connectivity index is 1.72. The van der Waals surface area contributed by atoms with Crippen LogP contribution in [0, 0.1) is 13.8 Å². The van der Waals surface area contributed by atoms with Crippen LogP contribution < -0.4 is 10.9 Å². The Labute approximate surface area is 138 Å². The number of anilines is 1. The standard InChI is InChI=1S/C18H17N3O3/c1-12-5-6-14(8-13(12)2)20-17(22)10-21-11-19-15(9-18(21)23)16-4-3-7-24-16/h3-9,11H,10H2,1-2H3,(H,20,22). The number of rotatable bonds is 4. The number of amides is 1. The maximum Gasteiger partial charge on any atom is 0.254 e. The summed E-state index contributed by atoms with van der Waals surface area (Å²) in [5.41, 5.74) is 3.08. The Bertz CT molecular complexity index is 927. The minimum atomic E-state index is -0.313. The first kappa shape index (κ1) is 15.7. The molecule has 1 aromatic carbocycles. The van der Waals surface area contributed by atoms with Gasteiger partial charge in [0.05, 0.1) is 12.6 Å². The number of hydrogen-bond acceptors (Lipinski definition) is 4. The summed E-state index contributed by atoms with van der Waals surface area (Å²) in [4.78, 5) is 28.4. The van der Waals surface area contributed by atoms with Crippen molar-refractivity contribution in [1.82, 2.24) is 9.55 Å². The molecule has 3 aromatic rings. The lowest BCUT2D eigenvalue weighted by Crippen LogP contribution is -2.27. The Morgan fingerprint density at radius 3 is 2.71 bits per heavy atom. The molecule has 0 bridgehead atoms. The zero-order valence-electron chi connectivity index (χ0n) is 13.4. The highest BCUT2D eigenvalue weighted by Crippen LogP contribution is 2.15. The maximum atomic E-state index is 12.1. The van der Waals surface area contributed by atoms with E-state index in [0.717, 1.165) is 11.1 Å². The van der Waals surface area contributed by atoms with Gasteiger partial charge in [0, 0.05) is 11.8 Å². The highest BCUT2D eigenvalue weighted by Gasteiger charge is 2.09. The normalized spacial score (nSPS) is 10.6. The lowest BCUT2D eigenvalue weighted by atomic mass is 10.1. The number of nitrogens with zero attached hydrogens (tertiary/aromatic N) is 2. The predicted molar refractivity (Wildman–Crippen MR) is 90.7 cm³/mol. The van der Waals surface area contributed by atoms with Gasteiger partial charge in [-0.05, 0) is 49.2 Å². The van der Waals surface area contributed by atoms with Gasteiger partial charge in [0.15, 0.2) is 5.76 Å². The van der Waals surface area contributed by atoms with Crippen LogP contribution in [-0.2, 0) is 11.3 Å². The monoisotopic (exact) mass is 323 g/mol. The molecule has 6 nitrogen and oxygen atoms in total. The SMILES string of the molecule is Cc1ccc(NC(=O)Cn2cnc(-c3ccco3)cc2=O)cc1C. The molecular formula is C18H17N3O3. The van der Waals surface area contributed by atoms with Crippen molar-refractivity contribution in [2.75, 3.05) is 5.32 Å². The lowest BCUT2D eigenvalue weighted by molar-refractivity contribution is -0.116. The molecule has 0 saturated heterocycles. The molecule has 0 spiro atoms. The zero-order valence-corrected chi connectivity index (χ0v) is 13.4. The molecule has 122 valence electrons. The van der Waals surface area contributed by atoms with E-state index in [9.17, 15) is 9.59 Å². The van der Waals surface area contributed by atoms with E-state index in [1.165, 1.54) is 23.2 Å². The minimum Gasteiger partial charge on any atom is -0.463 e. The Hall–Kier alpha value is -3.15. The van der Waals surface area contributed by atoms with Crippen LogP contribution in [0.2, 0.25) is 0 Å². The van der Waals surface area contributed by atoms with E-state index in [1.54, 1.807) is 12.1 Å². The summed E-state index contributed by atoms with van der Waals surface area (Å²) in [6, 6.07) is 10.5. The molecule has 2 aromatic heterocycles. The van der Waals surface area contributed by atoms with Gasteiger partial charge in [-0.1, -0.05) is 6.07 Å². The molecule has 0 atom stereocenters. The van der Waals surface area contributed by atoms with E-state index >= 15 is 0 Å². The topological polar surface area (TPSA) is 77.1 Å². The van der Waals surface area contributed by atoms with Crippen LogP contribution >= 0.6 is 0 Å². The molecule has 1 N–H and O–H groups in total. The van der Waals surface area contributed by atoms with Gasteiger partial charge in [-0.2, -0.15) is 0 Å². The third kappa shape index (κ3) is 3.43. The summed E-state index contributed by atoms with van der Waals surface area (Å²) in [5.74, 6) is 0.228. The summed E-state index contributed by atoms with van der Waals surface area (Å²) in [6.45, 7) is 3.89. The van der Waals surface area contributed by atoms with Gasteiger partial charge >= 0.3 is 0 Å². The van der Waals surface area contributed by atoms with Crippen molar-refractivity contribution in [3.63, 3.8) is 0 Å². The number of carbonyl (C=O) groups excluding carboxylic acids is 1. The van der Waals surface area contributed by atoms with E-state index in [0.29, 0.717) is 17.1 Å². The summed E-state index contributed by atoms with van der Waals surface area (Å²) in [7, 11) is 0. The van der Waals surface area contributed by atoms with Crippen molar-refractivity contribution >= 4 is 11.6 Å². The molecule has 0 aliphatic rings. The highest BCUT2D eigenvalue weighted by atomic mass is 16.3. The summed E-state index contributed by atoms with van der Waals surface area (Å²) in [5, 5.41) is 2.78. The molecule has 1 amide bonds. The molecule has 0 saturated carbocycles. The van der Waals surface area contributed by atoms with Crippen LogP contribution in [-0.4, -0.2) is 15.5 Å². The van der Waals surface area contributed by atoms with Crippen LogP contribution in [0.5, 0.6) is 0 Å². The number of aryl methyl sites for hydroxylation is 2. The average Bonchev–Trinajstić information content (AvgIpc) is 3.07. The van der Waals surface area contributed by atoms with Crippen LogP contribution in [0.3, 0.4) is 0 Å². The van der Waals surface area contributed by atoms with Crippen LogP contribution in [0.25, 0.3) is 11.5 Å². The van der Waals surface area contributed by atoms with E-state index < -0.39 is 0 Å². The third-order valence-corrected chi connectivity index (χ3v) is 3.76. The predicted octanol–water partition coefficient (Wildman–Crippen LogP) is 2.76. The number of hydrogen-bond donors (Lipinski definition) is 1.